The maximum Gasteiger partial charge on any atom is 0.305 e. The van der Waals surface area contributed by atoms with E-state index in [9.17, 15) is 19.8 Å². The van der Waals surface area contributed by atoms with Gasteiger partial charge in [0.15, 0.2) is 0 Å². The number of amides is 1. The number of hydrogen-bond donors (Lipinski definition) is 3. The number of rotatable bonds is 66. The predicted octanol–water partition coefficient (Wildman–Crippen LogP) is 22.4. The first kappa shape index (κ1) is 74.6. The van der Waals surface area contributed by atoms with Crippen LogP contribution in [-0.4, -0.2) is 47.4 Å². The van der Waals surface area contributed by atoms with E-state index in [0.717, 1.165) is 44.9 Å². The Morgan fingerprint density at radius 3 is 0.961 bits per heavy atom. The van der Waals surface area contributed by atoms with Crippen molar-refractivity contribution in [3.8, 4) is 0 Å². The molecule has 0 rings (SSSR count). The van der Waals surface area contributed by atoms with E-state index in [1.165, 1.54) is 321 Å². The molecule has 0 saturated heterocycles. The molecule has 0 fully saturated rings. The molecule has 76 heavy (non-hydrogen) atoms. The van der Waals surface area contributed by atoms with Gasteiger partial charge in [0.05, 0.1) is 25.4 Å². The first-order chi connectivity index (χ1) is 37.5. The summed E-state index contributed by atoms with van der Waals surface area (Å²) in [4.78, 5) is 24.5. The minimum atomic E-state index is -0.659. The van der Waals surface area contributed by atoms with Crippen molar-refractivity contribution in [3.05, 3.63) is 12.2 Å². The van der Waals surface area contributed by atoms with E-state index < -0.39 is 12.1 Å². The summed E-state index contributed by atoms with van der Waals surface area (Å²) in [6, 6.07) is -0.536. The number of hydrogen-bond acceptors (Lipinski definition) is 5. The molecule has 0 aliphatic carbocycles. The SMILES string of the molecule is CCCCC/C=C\CCCCCCCC(=O)OCCCCCCCCCCCCCCCCCCCCCCCCCCCCCCCCCCCC(=O)NC(CO)C(O)CCCCCCCCCCCCCCCC. The third-order valence-corrected chi connectivity index (χ3v) is 16.6. The van der Waals surface area contributed by atoms with Crippen LogP contribution in [0.4, 0.5) is 0 Å². The van der Waals surface area contributed by atoms with E-state index in [-0.39, 0.29) is 18.5 Å². The van der Waals surface area contributed by atoms with Gasteiger partial charge in [-0.2, -0.15) is 0 Å². The molecule has 0 saturated carbocycles. The highest BCUT2D eigenvalue weighted by molar-refractivity contribution is 5.76. The van der Waals surface area contributed by atoms with Gasteiger partial charge in [0, 0.05) is 12.8 Å². The Balaban J connectivity index is 3.30. The molecule has 1 amide bonds. The summed E-state index contributed by atoms with van der Waals surface area (Å²) in [6.07, 6.45) is 81.3. The fourth-order valence-electron chi connectivity index (χ4n) is 11.2. The van der Waals surface area contributed by atoms with Gasteiger partial charge in [-0.25, -0.2) is 0 Å². The molecular weight excluding hydrogens is 935 g/mol. The first-order valence-corrected chi connectivity index (χ1v) is 34.9. The van der Waals surface area contributed by atoms with Crippen LogP contribution in [0.15, 0.2) is 12.2 Å². The van der Waals surface area contributed by atoms with Crippen molar-refractivity contribution >= 4 is 11.9 Å². The van der Waals surface area contributed by atoms with Gasteiger partial charge in [0.2, 0.25) is 5.91 Å². The van der Waals surface area contributed by atoms with Gasteiger partial charge in [-0.3, -0.25) is 9.59 Å². The van der Waals surface area contributed by atoms with Crippen molar-refractivity contribution in [1.82, 2.24) is 5.32 Å². The fourth-order valence-corrected chi connectivity index (χ4v) is 11.2. The van der Waals surface area contributed by atoms with Gasteiger partial charge < -0.3 is 20.3 Å². The lowest BCUT2D eigenvalue weighted by molar-refractivity contribution is -0.143. The number of carbonyl (C=O) groups excluding carboxylic acids is 2. The molecule has 2 unspecified atom stereocenters. The molecule has 0 aromatic rings. The molecule has 0 radical (unpaired) electrons. The highest BCUT2D eigenvalue weighted by Gasteiger charge is 2.20. The molecule has 0 bridgehead atoms. The van der Waals surface area contributed by atoms with Gasteiger partial charge in [-0.1, -0.05) is 347 Å². The zero-order chi connectivity index (χ0) is 55.0. The van der Waals surface area contributed by atoms with Crippen LogP contribution in [0.2, 0.25) is 0 Å². The second-order valence-corrected chi connectivity index (χ2v) is 24.2. The molecule has 0 heterocycles. The molecule has 0 aliphatic heterocycles. The van der Waals surface area contributed by atoms with E-state index >= 15 is 0 Å². The number of nitrogens with one attached hydrogen (secondary N) is 1. The summed E-state index contributed by atoms with van der Waals surface area (Å²) in [7, 11) is 0. The number of unbranched alkanes of at least 4 members (excludes halogenated alkanes) is 53. The maximum absolute atomic E-state index is 12.5. The number of aliphatic hydroxyl groups excluding tert-OH is 2. The molecule has 0 spiro atoms. The summed E-state index contributed by atoms with van der Waals surface area (Å²) in [5.74, 6) is -0.0151. The van der Waals surface area contributed by atoms with Crippen molar-refractivity contribution in [2.75, 3.05) is 13.2 Å². The summed E-state index contributed by atoms with van der Waals surface area (Å²) in [5.41, 5.74) is 0. The van der Waals surface area contributed by atoms with Crippen molar-refractivity contribution in [3.63, 3.8) is 0 Å². The van der Waals surface area contributed by atoms with Crippen molar-refractivity contribution in [2.45, 2.75) is 411 Å². The predicted molar refractivity (Wildman–Crippen MR) is 333 cm³/mol. The first-order valence-electron chi connectivity index (χ1n) is 34.9. The van der Waals surface area contributed by atoms with Gasteiger partial charge in [0.25, 0.3) is 0 Å². The monoisotopic (exact) mass is 1070 g/mol. The van der Waals surface area contributed by atoms with Crippen molar-refractivity contribution in [1.29, 1.82) is 0 Å². The molecule has 452 valence electrons. The molecular formula is C70H137NO5. The lowest BCUT2D eigenvalue weighted by Crippen LogP contribution is -2.45. The summed E-state index contributed by atoms with van der Waals surface area (Å²) < 4.78 is 5.48. The molecule has 6 heteroatoms. The number of allylic oxidation sites excluding steroid dienone is 2. The number of esters is 1. The Bertz CT molecular complexity index is 1140. The third-order valence-electron chi connectivity index (χ3n) is 16.6. The van der Waals surface area contributed by atoms with E-state index in [2.05, 4.69) is 31.3 Å². The maximum atomic E-state index is 12.5. The largest absolute Gasteiger partial charge is 0.466 e. The van der Waals surface area contributed by atoms with E-state index in [1.54, 1.807) is 0 Å². The molecule has 0 aromatic heterocycles. The van der Waals surface area contributed by atoms with Crippen LogP contribution in [0.3, 0.4) is 0 Å². The molecule has 0 aliphatic rings. The Kier molecular flexibility index (Phi) is 64.9. The number of ether oxygens (including phenoxy) is 1. The zero-order valence-corrected chi connectivity index (χ0v) is 51.8. The average Bonchev–Trinajstić information content (AvgIpc) is 3.42. The van der Waals surface area contributed by atoms with Crippen LogP contribution in [0.25, 0.3) is 0 Å². The quantitative estimate of drug-likeness (QED) is 0.0320. The lowest BCUT2D eigenvalue weighted by Gasteiger charge is -2.22. The third kappa shape index (κ3) is 61.8. The Hall–Kier alpha value is -1.40. The standard InChI is InChI=1S/C70H137NO5/c1-3-5-7-9-11-13-15-17-39-42-46-50-54-58-62-68(73)67(66-72)71-69(74)63-59-55-51-47-43-40-37-35-33-31-29-27-25-23-21-19-18-20-22-24-26-28-30-32-34-36-38-41-45-49-53-57-61-65-76-70(75)64-60-56-52-48-44-16-14-12-10-8-6-4-2/h12,14,67-68,72-73H,3-11,13,15-66H2,1-2H3,(H,71,74)/b14-12-. The second-order valence-electron chi connectivity index (χ2n) is 24.2. The fraction of sp³-hybridized carbons (Fsp3) is 0.943. The van der Waals surface area contributed by atoms with Crippen LogP contribution in [0, 0.1) is 0 Å². The molecule has 3 N–H and O–H groups in total. The highest BCUT2D eigenvalue weighted by Crippen LogP contribution is 2.19. The summed E-state index contributed by atoms with van der Waals surface area (Å²) >= 11 is 0. The average molecular weight is 1070 g/mol. The van der Waals surface area contributed by atoms with Crippen LogP contribution in [0.5, 0.6) is 0 Å². The minimum Gasteiger partial charge on any atom is -0.466 e. The van der Waals surface area contributed by atoms with E-state index in [0.29, 0.717) is 25.9 Å². The number of aliphatic hydroxyl groups is 2. The smallest absolute Gasteiger partial charge is 0.305 e. The highest BCUT2D eigenvalue weighted by atomic mass is 16.5. The van der Waals surface area contributed by atoms with Gasteiger partial charge in [-0.05, 0) is 51.4 Å². The topological polar surface area (TPSA) is 95.9 Å². The zero-order valence-electron chi connectivity index (χ0n) is 51.8. The van der Waals surface area contributed by atoms with Crippen molar-refractivity contribution < 1.29 is 24.5 Å². The van der Waals surface area contributed by atoms with Crippen LogP contribution in [0.1, 0.15) is 399 Å². The summed E-state index contributed by atoms with van der Waals surface area (Å²) in [6.45, 7) is 4.96. The lowest BCUT2D eigenvalue weighted by atomic mass is 10.0. The van der Waals surface area contributed by atoms with E-state index in [1.807, 2.05) is 0 Å². The van der Waals surface area contributed by atoms with E-state index in [4.69, 9.17) is 4.74 Å². The number of carbonyl (C=O) groups is 2. The Morgan fingerprint density at radius 1 is 0.355 bits per heavy atom. The van der Waals surface area contributed by atoms with Gasteiger partial charge in [0.1, 0.15) is 0 Å². The normalized spacial score (nSPS) is 12.5. The minimum absolute atomic E-state index is 0.0122. The summed E-state index contributed by atoms with van der Waals surface area (Å²) in [5, 5.41) is 23.3. The van der Waals surface area contributed by atoms with Gasteiger partial charge in [-0.15, -0.1) is 0 Å². The van der Waals surface area contributed by atoms with Crippen LogP contribution < -0.4 is 5.32 Å². The Labute approximate surface area is 476 Å². The van der Waals surface area contributed by atoms with Crippen molar-refractivity contribution in [2.24, 2.45) is 0 Å². The van der Waals surface area contributed by atoms with Gasteiger partial charge >= 0.3 is 5.97 Å². The molecule has 0 aromatic carbocycles. The van der Waals surface area contributed by atoms with Crippen LogP contribution in [-0.2, 0) is 14.3 Å². The second kappa shape index (κ2) is 66.1. The molecule has 6 nitrogen and oxygen atoms in total. The molecule has 2 atom stereocenters. The Morgan fingerprint density at radius 2 is 0.618 bits per heavy atom. The van der Waals surface area contributed by atoms with Crippen LogP contribution >= 0.6 is 0 Å².